The highest BCUT2D eigenvalue weighted by molar-refractivity contribution is 6.25. The Morgan fingerprint density at radius 2 is 1.34 bits per heavy atom. The number of carboxylic acid groups (broad SMARTS) is 1. The Hall–Kier alpha value is -4.26. The van der Waals surface area contributed by atoms with Crippen molar-refractivity contribution >= 4 is 47.5 Å². The summed E-state index contributed by atoms with van der Waals surface area (Å²) < 4.78 is 17.1. The summed E-state index contributed by atoms with van der Waals surface area (Å²) in [6.45, 7) is 16.2. The molecule has 3 aliphatic rings. The molecule has 0 saturated heterocycles. The molecule has 0 bridgehead atoms. The van der Waals surface area contributed by atoms with Gasteiger partial charge < -0.3 is 34.9 Å². The van der Waals surface area contributed by atoms with E-state index in [0.717, 1.165) is 25.7 Å². The lowest BCUT2D eigenvalue weighted by molar-refractivity contribution is -0.152. The number of esters is 2. The number of carbonyl (C=O) groups is 5. The summed E-state index contributed by atoms with van der Waals surface area (Å²) in [5.41, 5.74) is 1.90. The molecule has 2 saturated carbocycles. The normalized spacial score (nSPS) is 29.0. The van der Waals surface area contributed by atoms with Crippen LogP contribution in [0.2, 0.25) is 0 Å². The van der Waals surface area contributed by atoms with Gasteiger partial charge in [-0.15, -0.1) is 0 Å². The van der Waals surface area contributed by atoms with Crippen LogP contribution in [0.3, 0.4) is 0 Å². The molecule has 2 amide bonds. The molecule has 4 unspecified atom stereocenters. The van der Waals surface area contributed by atoms with E-state index in [0.29, 0.717) is 34.4 Å². The van der Waals surface area contributed by atoms with E-state index in [1.807, 2.05) is 0 Å². The lowest BCUT2D eigenvalue weighted by Gasteiger charge is -2.37. The topological polar surface area (TPSA) is 185 Å². The summed E-state index contributed by atoms with van der Waals surface area (Å²) in [4.78, 5) is 71.0. The molecule has 13 nitrogen and oxygen atoms in total. The zero-order chi connectivity index (χ0) is 37.0. The summed E-state index contributed by atoms with van der Waals surface area (Å²) in [6, 6.07) is 0. The van der Waals surface area contributed by atoms with Gasteiger partial charge >= 0.3 is 17.9 Å². The predicted octanol–water partition coefficient (Wildman–Crippen LogP) is 5.41. The molecular formula is C37H52N4O9. The third-order valence-corrected chi connectivity index (χ3v) is 10.1. The molecule has 1 aromatic heterocycles. The maximum atomic E-state index is 13.8. The summed E-state index contributed by atoms with van der Waals surface area (Å²) in [5.74, 6) is -1.76. The standard InChI is InChI=1S/C37H52N4O9/c1-17-10-19(3)32(20(4)11-17)49-36(46)30-23(7)26(39-34(30)38-25(9)42)14-27-24(8)31(35(40-27)41-28(43)15-48-16-29(44)45)37(47)50-33-21(5)12-18(2)13-22(33)6/h14,17-22,32-33,39H,10-13,15-16H2,1-9H3,(H,38,42)(H,44,45)(H,40,41,43). The number of amides is 2. The summed E-state index contributed by atoms with van der Waals surface area (Å²) >= 11 is 0. The zero-order valence-electron chi connectivity index (χ0n) is 30.6. The van der Waals surface area contributed by atoms with Gasteiger partial charge in [-0.1, -0.05) is 41.5 Å². The number of anilines is 1. The van der Waals surface area contributed by atoms with Crippen molar-refractivity contribution in [3.63, 3.8) is 0 Å². The number of aliphatic imine (C=N–C) groups is 1. The van der Waals surface area contributed by atoms with Gasteiger partial charge in [0.05, 0.1) is 5.70 Å². The van der Waals surface area contributed by atoms with Crippen molar-refractivity contribution in [3.05, 3.63) is 33.7 Å². The second kappa shape index (κ2) is 16.2. The van der Waals surface area contributed by atoms with Crippen molar-refractivity contribution < 1.29 is 43.3 Å². The van der Waals surface area contributed by atoms with Crippen molar-refractivity contribution in [2.24, 2.45) is 40.5 Å². The number of nitrogens with one attached hydrogen (secondary N) is 3. The molecule has 274 valence electrons. The molecule has 2 fully saturated rings. The maximum Gasteiger partial charge on any atom is 0.342 e. The van der Waals surface area contributed by atoms with Crippen LogP contribution in [0.15, 0.2) is 21.8 Å². The number of allylic oxidation sites excluding steroid dienone is 1. The highest BCUT2D eigenvalue weighted by atomic mass is 16.5. The van der Waals surface area contributed by atoms with E-state index in [-0.39, 0.29) is 64.6 Å². The molecule has 4 rings (SSSR count). The Balaban J connectivity index is 1.70. The van der Waals surface area contributed by atoms with Crippen molar-refractivity contribution in [3.8, 4) is 0 Å². The van der Waals surface area contributed by atoms with E-state index in [4.69, 9.17) is 19.3 Å². The van der Waals surface area contributed by atoms with Crippen LogP contribution in [-0.4, -0.2) is 71.1 Å². The number of nitrogens with zero attached hydrogens (tertiary/aromatic N) is 1. The number of aromatic amines is 1. The lowest BCUT2D eigenvalue weighted by atomic mass is 9.75. The molecule has 0 spiro atoms. The molecule has 13 heteroatoms. The van der Waals surface area contributed by atoms with Gasteiger partial charge in [0.2, 0.25) is 5.91 Å². The number of rotatable bonds is 10. The predicted molar refractivity (Wildman–Crippen MR) is 187 cm³/mol. The van der Waals surface area contributed by atoms with E-state index >= 15 is 0 Å². The van der Waals surface area contributed by atoms with Crippen LogP contribution >= 0.6 is 0 Å². The van der Waals surface area contributed by atoms with Gasteiger partial charge in [0.25, 0.3) is 5.91 Å². The van der Waals surface area contributed by atoms with E-state index in [9.17, 15) is 24.0 Å². The Labute approximate surface area is 293 Å². The SMILES string of the molecule is CC(=O)Nc1[nH]c(C=C2N=C(NC(=O)COCC(=O)O)C(C(=O)OC3C(C)CC(C)CC3C)=C2C)c(C)c1C(=O)OC1C(C)CC(C)CC1C. The Bertz CT molecular complexity index is 1580. The Kier molecular flexibility index (Phi) is 12.5. The fourth-order valence-electron chi connectivity index (χ4n) is 8.08. The molecule has 2 aliphatic carbocycles. The van der Waals surface area contributed by atoms with Gasteiger partial charge in [-0.2, -0.15) is 0 Å². The number of carbonyl (C=O) groups excluding carboxylic acids is 4. The van der Waals surface area contributed by atoms with Crippen LogP contribution in [0, 0.1) is 42.4 Å². The largest absolute Gasteiger partial charge is 0.480 e. The molecule has 0 radical (unpaired) electrons. The molecule has 2 heterocycles. The van der Waals surface area contributed by atoms with Crippen molar-refractivity contribution in [1.29, 1.82) is 0 Å². The molecule has 0 aromatic carbocycles. The Morgan fingerprint density at radius 3 is 1.84 bits per heavy atom. The third-order valence-electron chi connectivity index (χ3n) is 10.1. The van der Waals surface area contributed by atoms with Crippen molar-refractivity contribution in [2.75, 3.05) is 18.5 Å². The molecule has 50 heavy (non-hydrogen) atoms. The van der Waals surface area contributed by atoms with Crippen LogP contribution in [0.5, 0.6) is 0 Å². The van der Waals surface area contributed by atoms with Gasteiger partial charge in [-0.05, 0) is 92.3 Å². The smallest absolute Gasteiger partial charge is 0.342 e. The van der Waals surface area contributed by atoms with Gasteiger partial charge in [-0.3, -0.25) is 9.59 Å². The fraction of sp³-hybridized carbons (Fsp3) is 0.622. The number of aliphatic carboxylic acids is 1. The van der Waals surface area contributed by atoms with Gasteiger partial charge in [0.15, 0.2) is 0 Å². The molecule has 4 N–H and O–H groups in total. The third kappa shape index (κ3) is 9.09. The number of hydrogen-bond donors (Lipinski definition) is 4. The molecule has 4 atom stereocenters. The molecule has 1 aromatic rings. The maximum absolute atomic E-state index is 13.8. The first kappa shape index (κ1) is 38.5. The highest BCUT2D eigenvalue weighted by Gasteiger charge is 2.38. The molecular weight excluding hydrogens is 644 g/mol. The van der Waals surface area contributed by atoms with Crippen molar-refractivity contribution in [2.45, 2.75) is 100 Å². The second-order valence-corrected chi connectivity index (χ2v) is 14.8. The summed E-state index contributed by atoms with van der Waals surface area (Å²) in [7, 11) is 0. The first-order chi connectivity index (χ1) is 23.5. The van der Waals surface area contributed by atoms with Gasteiger partial charge in [0, 0.05) is 12.6 Å². The van der Waals surface area contributed by atoms with Crippen LogP contribution in [-0.2, 0) is 33.4 Å². The number of H-pyrrole nitrogens is 1. The number of amidine groups is 1. The lowest BCUT2D eigenvalue weighted by Crippen LogP contribution is -2.40. The minimum absolute atomic E-state index is 0.0567. The Morgan fingerprint density at radius 1 is 0.820 bits per heavy atom. The first-order valence-electron chi connectivity index (χ1n) is 17.5. The highest BCUT2D eigenvalue weighted by Crippen LogP contribution is 2.38. The second-order valence-electron chi connectivity index (χ2n) is 14.8. The number of carboxylic acids is 1. The number of ether oxygens (including phenoxy) is 3. The summed E-state index contributed by atoms with van der Waals surface area (Å²) in [5, 5.41) is 14.2. The van der Waals surface area contributed by atoms with Crippen molar-refractivity contribution in [1.82, 2.24) is 10.3 Å². The quantitative estimate of drug-likeness (QED) is 0.232. The van der Waals surface area contributed by atoms with Gasteiger partial charge in [-0.25, -0.2) is 19.4 Å². The van der Waals surface area contributed by atoms with E-state index in [1.165, 1.54) is 6.92 Å². The zero-order valence-corrected chi connectivity index (χ0v) is 30.6. The monoisotopic (exact) mass is 696 g/mol. The molecule has 1 aliphatic heterocycles. The first-order valence-corrected chi connectivity index (χ1v) is 17.5. The van der Waals surface area contributed by atoms with E-state index in [1.54, 1.807) is 19.9 Å². The number of hydrogen-bond acceptors (Lipinski definition) is 9. The van der Waals surface area contributed by atoms with Gasteiger partial charge in [0.1, 0.15) is 48.2 Å². The summed E-state index contributed by atoms with van der Waals surface area (Å²) in [6.07, 6.45) is 4.73. The fourth-order valence-corrected chi connectivity index (χ4v) is 8.08. The average Bonchev–Trinajstić information content (AvgIpc) is 3.46. The van der Waals surface area contributed by atoms with Crippen LogP contribution < -0.4 is 10.6 Å². The minimum Gasteiger partial charge on any atom is -0.480 e. The van der Waals surface area contributed by atoms with Crippen LogP contribution in [0.4, 0.5) is 5.82 Å². The minimum atomic E-state index is -1.23. The van der Waals surface area contributed by atoms with Crippen LogP contribution in [0.25, 0.3) is 6.08 Å². The van der Waals surface area contributed by atoms with E-state index in [2.05, 4.69) is 62.2 Å². The average molecular weight is 697 g/mol. The number of aromatic nitrogens is 1. The van der Waals surface area contributed by atoms with Crippen LogP contribution in [0.1, 0.15) is 103 Å². The van der Waals surface area contributed by atoms with E-state index < -0.39 is 37.0 Å².